The molecule has 0 heterocycles. The molecule has 0 bridgehead atoms. The first-order valence-corrected chi connectivity index (χ1v) is 22.3. The molecular formula is C50H46O5PSi. The lowest BCUT2D eigenvalue weighted by Gasteiger charge is -2.23. The molecule has 0 aromatic heterocycles. The zero-order chi connectivity index (χ0) is 39.4. The second kappa shape index (κ2) is 16.8. The molecule has 0 N–H and O–H groups in total. The third kappa shape index (κ3) is 8.33. The van der Waals surface area contributed by atoms with Crippen molar-refractivity contribution in [1.29, 1.82) is 0 Å². The Balaban J connectivity index is 1.02. The highest BCUT2D eigenvalue weighted by Gasteiger charge is 2.36. The average Bonchev–Trinajstić information content (AvgIpc) is 3.74. The summed E-state index contributed by atoms with van der Waals surface area (Å²) in [5, 5.41) is 2.25. The number of phosphoric acid groups is 1. The smallest absolute Gasteiger partial charge is 0.402 e. The molecule has 8 rings (SSSR count). The molecule has 7 heteroatoms. The van der Waals surface area contributed by atoms with Crippen LogP contribution in [0.15, 0.2) is 163 Å². The van der Waals surface area contributed by atoms with E-state index in [0.717, 1.165) is 54.9 Å². The van der Waals surface area contributed by atoms with E-state index in [1.54, 1.807) is 6.08 Å². The first-order chi connectivity index (χ1) is 27.7. The van der Waals surface area contributed by atoms with E-state index in [2.05, 4.69) is 112 Å². The fraction of sp³-hybridized carbons (Fsp3) is 0.200. The lowest BCUT2D eigenvalue weighted by Crippen LogP contribution is -2.45. The van der Waals surface area contributed by atoms with Crippen LogP contribution in [-0.4, -0.2) is 35.5 Å². The minimum atomic E-state index is -4.14. The summed E-state index contributed by atoms with van der Waals surface area (Å²) >= 11 is 0. The summed E-state index contributed by atoms with van der Waals surface area (Å²) in [4.78, 5) is 0. The van der Waals surface area contributed by atoms with Gasteiger partial charge in [0.2, 0.25) is 0 Å². The molecule has 0 saturated carbocycles. The van der Waals surface area contributed by atoms with E-state index in [9.17, 15) is 4.57 Å². The first kappa shape index (κ1) is 38.8. The molecule has 2 aliphatic rings. The number of hydrogen-bond acceptors (Lipinski definition) is 5. The van der Waals surface area contributed by atoms with Gasteiger partial charge in [-0.1, -0.05) is 178 Å². The summed E-state index contributed by atoms with van der Waals surface area (Å²) < 4.78 is 40.3. The highest BCUT2D eigenvalue weighted by atomic mass is 31.2. The SMILES string of the molecule is C#C/C(=C\COP(=O)(OCC1c2ccccc2-c2ccccc21)OCC1c2ccccc2-c2ccccc21)CO[Si](c1ccccc1)c1ccc(C(C)(C)C)cc1. The van der Waals surface area contributed by atoms with Gasteiger partial charge >= 0.3 is 7.82 Å². The number of fused-ring (bicyclic) bond motifs is 6. The summed E-state index contributed by atoms with van der Waals surface area (Å²) in [6, 6.07) is 52.1. The summed E-state index contributed by atoms with van der Waals surface area (Å²) in [6.07, 6.45) is 7.79. The largest absolute Gasteiger partial charge is 0.475 e. The van der Waals surface area contributed by atoms with Crippen LogP contribution in [0.4, 0.5) is 0 Å². The molecule has 57 heavy (non-hydrogen) atoms. The lowest BCUT2D eigenvalue weighted by molar-refractivity contribution is 0.116. The molecule has 6 aromatic rings. The molecule has 1 radical (unpaired) electrons. The molecule has 0 aliphatic heterocycles. The van der Waals surface area contributed by atoms with E-state index in [0.29, 0.717) is 5.57 Å². The van der Waals surface area contributed by atoms with E-state index >= 15 is 0 Å². The van der Waals surface area contributed by atoms with E-state index in [4.69, 9.17) is 24.4 Å². The van der Waals surface area contributed by atoms with Crippen molar-refractivity contribution in [3.05, 3.63) is 191 Å². The van der Waals surface area contributed by atoms with Crippen molar-refractivity contribution in [2.75, 3.05) is 26.4 Å². The van der Waals surface area contributed by atoms with Crippen molar-refractivity contribution in [1.82, 2.24) is 0 Å². The van der Waals surface area contributed by atoms with Crippen molar-refractivity contribution in [2.45, 2.75) is 38.0 Å². The molecule has 2 aliphatic carbocycles. The van der Waals surface area contributed by atoms with Crippen LogP contribution in [0.1, 0.15) is 60.4 Å². The third-order valence-corrected chi connectivity index (χ3v) is 14.4. The van der Waals surface area contributed by atoms with Gasteiger partial charge in [0.05, 0.1) is 26.4 Å². The fourth-order valence-electron chi connectivity index (χ4n) is 7.91. The maximum absolute atomic E-state index is 14.8. The fourth-order valence-corrected chi connectivity index (χ4v) is 11.0. The summed E-state index contributed by atoms with van der Waals surface area (Å²) in [5.41, 5.74) is 11.0. The Hall–Kier alpha value is -5.09. The highest BCUT2D eigenvalue weighted by molar-refractivity contribution is 7.48. The van der Waals surface area contributed by atoms with Crippen LogP contribution in [-0.2, 0) is 28.0 Å². The molecule has 0 amide bonds. The van der Waals surface area contributed by atoms with E-state index < -0.39 is 16.9 Å². The molecule has 0 unspecified atom stereocenters. The van der Waals surface area contributed by atoms with Gasteiger partial charge in [-0.3, -0.25) is 13.6 Å². The summed E-state index contributed by atoms with van der Waals surface area (Å²) in [6.45, 7) is 6.99. The molecule has 0 spiro atoms. The Morgan fingerprint density at radius 2 is 1.04 bits per heavy atom. The van der Waals surface area contributed by atoms with Crippen LogP contribution >= 0.6 is 7.82 Å². The normalized spacial score (nSPS) is 13.9. The Morgan fingerprint density at radius 1 is 0.614 bits per heavy atom. The van der Waals surface area contributed by atoms with Gasteiger partial charge in [0, 0.05) is 17.4 Å². The Labute approximate surface area is 338 Å². The maximum atomic E-state index is 14.8. The highest BCUT2D eigenvalue weighted by Crippen LogP contribution is 2.55. The van der Waals surface area contributed by atoms with Crippen molar-refractivity contribution in [3.8, 4) is 34.6 Å². The Kier molecular flexibility index (Phi) is 11.4. The topological polar surface area (TPSA) is 54.0 Å². The number of terminal acetylenes is 1. The van der Waals surface area contributed by atoms with Gasteiger partial charge in [0.15, 0.2) is 0 Å². The van der Waals surface area contributed by atoms with Crippen LogP contribution in [0.5, 0.6) is 0 Å². The van der Waals surface area contributed by atoms with E-state index in [1.165, 1.54) is 5.56 Å². The third-order valence-electron chi connectivity index (χ3n) is 10.9. The minimum absolute atomic E-state index is 0.0451. The van der Waals surface area contributed by atoms with Crippen LogP contribution in [0.3, 0.4) is 0 Å². The van der Waals surface area contributed by atoms with Gasteiger partial charge in [-0.2, -0.15) is 0 Å². The van der Waals surface area contributed by atoms with Crippen LogP contribution in [0.2, 0.25) is 0 Å². The van der Waals surface area contributed by atoms with Crippen molar-refractivity contribution < 1.29 is 22.6 Å². The average molecular weight is 786 g/mol. The molecule has 6 aromatic carbocycles. The van der Waals surface area contributed by atoms with Gasteiger partial charge in [-0.15, -0.1) is 6.42 Å². The molecule has 0 fully saturated rings. The molecule has 0 saturated heterocycles. The monoisotopic (exact) mass is 785 g/mol. The maximum Gasteiger partial charge on any atom is 0.475 e. The predicted octanol–water partition coefficient (Wildman–Crippen LogP) is 10.4. The van der Waals surface area contributed by atoms with Crippen molar-refractivity contribution in [3.63, 3.8) is 0 Å². The van der Waals surface area contributed by atoms with E-state index in [-0.39, 0.29) is 43.7 Å². The standard InChI is InChI=1S/C50H46O5PSi/c1-5-36(33-55-57(38-17-7-6-8-18-38)39-29-27-37(28-30-39)50(2,3)4)31-32-52-56(51,53-34-48-44-23-13-9-19-40(44)41-20-10-14-24-45(41)48)54-35-49-46-25-15-11-21-42(46)43-22-12-16-26-47(43)49/h1,6-31,48-49H,32-35H2,2-4H3/b36-31+. The van der Waals surface area contributed by atoms with E-state index in [1.807, 2.05) is 66.7 Å². The van der Waals surface area contributed by atoms with Gasteiger partial charge in [-0.05, 0) is 71.9 Å². The van der Waals surface area contributed by atoms with Crippen LogP contribution in [0.25, 0.3) is 22.3 Å². The lowest BCUT2D eigenvalue weighted by atomic mass is 9.87. The zero-order valence-electron chi connectivity index (χ0n) is 32.6. The second-order valence-corrected chi connectivity index (χ2v) is 19.2. The number of phosphoric ester groups is 1. The van der Waals surface area contributed by atoms with Gasteiger partial charge in [-0.25, -0.2) is 4.57 Å². The predicted molar refractivity (Wildman–Crippen MR) is 232 cm³/mol. The quantitative estimate of drug-likeness (QED) is 0.0625. The number of rotatable bonds is 14. The summed E-state index contributed by atoms with van der Waals surface area (Å²) in [7, 11) is -5.77. The molecular weight excluding hydrogens is 740 g/mol. The number of benzene rings is 6. The summed E-state index contributed by atoms with van der Waals surface area (Å²) in [5.74, 6) is 2.51. The number of hydrogen-bond donors (Lipinski definition) is 0. The molecule has 5 nitrogen and oxygen atoms in total. The molecule has 0 atom stereocenters. The minimum Gasteiger partial charge on any atom is -0.402 e. The molecule has 285 valence electrons. The first-order valence-electron chi connectivity index (χ1n) is 19.4. The van der Waals surface area contributed by atoms with Crippen molar-refractivity contribution >= 4 is 27.2 Å². The zero-order valence-corrected chi connectivity index (χ0v) is 34.5. The Bertz CT molecular complexity index is 2290. The van der Waals surface area contributed by atoms with Gasteiger partial charge < -0.3 is 4.43 Å². The van der Waals surface area contributed by atoms with Crippen LogP contribution < -0.4 is 10.4 Å². The van der Waals surface area contributed by atoms with Crippen LogP contribution in [0, 0.1) is 12.3 Å². The Morgan fingerprint density at radius 3 is 1.47 bits per heavy atom. The second-order valence-electron chi connectivity index (χ2n) is 15.5. The van der Waals surface area contributed by atoms with Gasteiger partial charge in [0.25, 0.3) is 9.04 Å². The van der Waals surface area contributed by atoms with Gasteiger partial charge in [0.1, 0.15) is 0 Å². The van der Waals surface area contributed by atoms with Crippen molar-refractivity contribution in [2.24, 2.45) is 0 Å².